The van der Waals surface area contributed by atoms with Crippen molar-refractivity contribution < 1.29 is 48.5 Å². The maximum atomic E-state index is 13.1. The molecule has 50 heavy (non-hydrogen) atoms. The third-order valence-corrected chi connectivity index (χ3v) is 12.6. The molecule has 14 nitrogen and oxygen atoms in total. The first-order valence-corrected chi connectivity index (χ1v) is 17.6. The lowest BCUT2D eigenvalue weighted by atomic mass is 9.95. The molecule has 0 aliphatic carbocycles. The zero-order chi connectivity index (χ0) is 36.4. The van der Waals surface area contributed by atoms with Crippen LogP contribution >= 0.6 is 23.5 Å². The third-order valence-electron chi connectivity index (χ3n) is 9.51. The Balaban J connectivity index is 1.10. The quantitative estimate of drug-likeness (QED) is 0.214. The number of phenols is 2. The molecule has 4 heterocycles. The van der Waals surface area contributed by atoms with Crippen LogP contribution < -0.4 is 10.6 Å². The monoisotopic (exact) mass is 726 g/mol. The number of carbonyl (C=O) groups is 6. The second kappa shape index (κ2) is 12.7. The van der Waals surface area contributed by atoms with Gasteiger partial charge in [-0.3, -0.25) is 19.2 Å². The van der Waals surface area contributed by atoms with Crippen molar-refractivity contribution in [3.05, 3.63) is 47.5 Å². The van der Waals surface area contributed by atoms with Gasteiger partial charge in [0, 0.05) is 20.6 Å². The first-order valence-electron chi connectivity index (χ1n) is 15.9. The topological polar surface area (TPSA) is 192 Å². The molecule has 4 saturated heterocycles. The Hall–Kier alpha value is -4.44. The number of amides is 4. The molecule has 0 unspecified atom stereocenters. The third kappa shape index (κ3) is 5.91. The summed E-state index contributed by atoms with van der Waals surface area (Å²) in [6.07, 6.45) is -0.277. The van der Waals surface area contributed by atoms with E-state index in [2.05, 4.69) is 10.6 Å². The van der Waals surface area contributed by atoms with E-state index in [1.165, 1.54) is 59.7 Å². The number of benzene rings is 2. The molecule has 0 spiro atoms. The molecule has 4 aliphatic rings. The molecular weight excluding hydrogens is 689 g/mol. The smallest absolute Gasteiger partial charge is 0.330 e. The van der Waals surface area contributed by atoms with Crippen LogP contribution in [0.25, 0.3) is 11.1 Å². The normalized spacial score (nSPS) is 27.0. The van der Waals surface area contributed by atoms with Gasteiger partial charge in [-0.2, -0.15) is 0 Å². The van der Waals surface area contributed by atoms with Crippen LogP contribution in [0.1, 0.15) is 38.8 Å². The molecule has 0 saturated carbocycles. The Morgan fingerprint density at radius 2 is 1.06 bits per heavy atom. The van der Waals surface area contributed by atoms with Gasteiger partial charge >= 0.3 is 11.9 Å². The van der Waals surface area contributed by atoms with Gasteiger partial charge in [-0.15, -0.1) is 23.5 Å². The minimum atomic E-state index is -0.809. The van der Waals surface area contributed by atoms with Gasteiger partial charge in [0.15, 0.2) is 0 Å². The van der Waals surface area contributed by atoms with Crippen LogP contribution in [0.2, 0.25) is 0 Å². The number of ether oxygens (including phenoxy) is 2. The van der Waals surface area contributed by atoms with E-state index in [0.717, 1.165) is 0 Å². The summed E-state index contributed by atoms with van der Waals surface area (Å²) in [4.78, 5) is 79.7. The lowest BCUT2D eigenvalue weighted by molar-refractivity contribution is -0.162. The molecule has 16 heteroatoms. The Morgan fingerprint density at radius 1 is 0.700 bits per heavy atom. The van der Waals surface area contributed by atoms with Crippen molar-refractivity contribution in [3.8, 4) is 22.6 Å². The van der Waals surface area contributed by atoms with Gasteiger partial charge < -0.3 is 40.1 Å². The summed E-state index contributed by atoms with van der Waals surface area (Å²) in [6, 6.07) is 5.82. The molecule has 4 aliphatic heterocycles. The highest BCUT2D eigenvalue weighted by Gasteiger charge is 2.65. The highest BCUT2D eigenvalue weighted by molar-refractivity contribution is 8.02. The van der Waals surface area contributed by atoms with Crippen LogP contribution in [0.15, 0.2) is 36.4 Å². The summed E-state index contributed by atoms with van der Waals surface area (Å²) >= 11 is 2.83. The van der Waals surface area contributed by atoms with E-state index in [1.807, 2.05) is 27.7 Å². The number of esters is 2. The highest BCUT2D eigenvalue weighted by Crippen LogP contribution is 2.52. The Labute approximate surface area is 296 Å². The summed E-state index contributed by atoms with van der Waals surface area (Å²) in [7, 11) is 2.54. The molecule has 6 rings (SSSR count). The number of phenolic OH excluding ortho intramolecular Hbond substituents is 2. The Morgan fingerprint density at radius 3 is 1.40 bits per heavy atom. The van der Waals surface area contributed by atoms with Crippen molar-refractivity contribution in [2.24, 2.45) is 0 Å². The highest BCUT2D eigenvalue weighted by atomic mass is 32.2. The second-order valence-electron chi connectivity index (χ2n) is 13.7. The van der Waals surface area contributed by atoms with E-state index in [9.17, 15) is 39.0 Å². The van der Waals surface area contributed by atoms with Crippen LogP contribution in [0.5, 0.6) is 11.5 Å². The number of methoxy groups -OCH3 is 2. The van der Waals surface area contributed by atoms with Gasteiger partial charge in [0.2, 0.25) is 23.6 Å². The standard InChI is InChI=1S/C34H38N4O10S2/c1-33(2)25(31(45)47-5)37-27(43)23(29(37)49-33)35-21(41)13-15-7-9-19(39)17(11-15)18-12-16(8-10-20(18)40)14-22(42)36-24-28(44)38-26(32(46)48-6)34(3,4)50-30(24)38/h7-12,23-26,29-30,39-40H,13-14H2,1-6H3,(H,35,41)(H,36,42)/t23-,24-,25+,26+,29-,30-/m1/s1. The van der Waals surface area contributed by atoms with E-state index in [-0.39, 0.29) is 47.3 Å². The molecule has 0 radical (unpaired) electrons. The maximum absolute atomic E-state index is 13.1. The number of rotatable bonds is 9. The fraction of sp³-hybridized carbons (Fsp3) is 0.471. The molecule has 266 valence electrons. The lowest BCUT2D eigenvalue weighted by Gasteiger charge is -2.43. The number of hydrogen-bond acceptors (Lipinski definition) is 12. The van der Waals surface area contributed by atoms with Crippen molar-refractivity contribution in [2.45, 2.75) is 84.9 Å². The molecule has 0 aromatic heterocycles. The van der Waals surface area contributed by atoms with E-state index in [0.29, 0.717) is 11.1 Å². The van der Waals surface area contributed by atoms with Gasteiger partial charge in [-0.25, -0.2) is 9.59 Å². The number of aromatic hydroxyl groups is 2. The van der Waals surface area contributed by atoms with Crippen molar-refractivity contribution in [2.75, 3.05) is 14.2 Å². The van der Waals surface area contributed by atoms with Crippen molar-refractivity contribution >= 4 is 59.1 Å². The van der Waals surface area contributed by atoms with E-state index < -0.39 is 68.2 Å². The Kier molecular flexibility index (Phi) is 9.00. The number of carbonyl (C=O) groups excluding carboxylic acids is 6. The van der Waals surface area contributed by atoms with Crippen LogP contribution in [-0.4, -0.2) is 114 Å². The van der Waals surface area contributed by atoms with Crippen LogP contribution in [0.4, 0.5) is 0 Å². The zero-order valence-electron chi connectivity index (χ0n) is 28.2. The van der Waals surface area contributed by atoms with E-state index >= 15 is 0 Å². The van der Waals surface area contributed by atoms with Gasteiger partial charge in [-0.05, 0) is 63.1 Å². The summed E-state index contributed by atoms with van der Waals surface area (Å²) in [5.41, 5.74) is 1.42. The van der Waals surface area contributed by atoms with E-state index in [1.54, 1.807) is 24.3 Å². The fourth-order valence-corrected chi connectivity index (χ4v) is 10.4. The molecule has 4 fully saturated rings. The molecular formula is C34H38N4O10S2. The van der Waals surface area contributed by atoms with Crippen molar-refractivity contribution in [3.63, 3.8) is 0 Å². The zero-order valence-corrected chi connectivity index (χ0v) is 29.8. The van der Waals surface area contributed by atoms with Gasteiger partial charge in [0.1, 0.15) is 46.4 Å². The minimum absolute atomic E-state index is 0.139. The van der Waals surface area contributed by atoms with Crippen LogP contribution in [0.3, 0.4) is 0 Å². The van der Waals surface area contributed by atoms with Crippen molar-refractivity contribution in [1.82, 2.24) is 20.4 Å². The largest absolute Gasteiger partial charge is 0.507 e. The minimum Gasteiger partial charge on any atom is -0.507 e. The average Bonchev–Trinajstić information content (AvgIpc) is 3.47. The summed E-state index contributed by atoms with van der Waals surface area (Å²) in [5.74, 6) is -3.00. The average molecular weight is 727 g/mol. The van der Waals surface area contributed by atoms with Gasteiger partial charge in [0.05, 0.1) is 27.1 Å². The fourth-order valence-electron chi connectivity index (χ4n) is 7.11. The number of thioether (sulfide) groups is 2. The predicted octanol–water partition coefficient (Wildman–Crippen LogP) is 1.29. The first kappa shape index (κ1) is 35.4. The first-order chi connectivity index (χ1) is 23.5. The SMILES string of the molecule is COC(=O)[C@@H]1N2C(=O)[C@@H](NC(=O)Cc3ccc(O)c(-c4cc(CC(=O)N[C@@H]5C(=O)N6[C@@H]5SC(C)(C)[C@@H]6C(=O)OC)ccc4O)c3)[C@H]2SC1(C)C. The van der Waals surface area contributed by atoms with Crippen molar-refractivity contribution in [1.29, 1.82) is 0 Å². The lowest BCUT2D eigenvalue weighted by Crippen LogP contribution is -2.70. The summed E-state index contributed by atoms with van der Waals surface area (Å²) in [6.45, 7) is 7.39. The number of nitrogens with zero attached hydrogens (tertiary/aromatic N) is 2. The number of nitrogens with one attached hydrogen (secondary N) is 2. The summed E-state index contributed by atoms with van der Waals surface area (Å²) in [5, 5.41) is 26.1. The molecule has 0 bridgehead atoms. The van der Waals surface area contributed by atoms with Crippen LogP contribution in [0, 0.1) is 0 Å². The predicted molar refractivity (Wildman–Crippen MR) is 183 cm³/mol. The molecule has 4 N–H and O–H groups in total. The van der Waals surface area contributed by atoms with Crippen LogP contribution in [-0.2, 0) is 51.1 Å². The second-order valence-corrected chi connectivity index (χ2v) is 17.3. The maximum Gasteiger partial charge on any atom is 0.330 e. The van der Waals surface area contributed by atoms with Gasteiger partial charge in [0.25, 0.3) is 0 Å². The molecule has 2 aromatic carbocycles. The molecule has 6 atom stereocenters. The van der Waals surface area contributed by atoms with E-state index in [4.69, 9.17) is 9.47 Å². The Bertz CT molecular complexity index is 1690. The van der Waals surface area contributed by atoms with Gasteiger partial charge in [-0.1, -0.05) is 12.1 Å². The molecule has 2 aromatic rings. The summed E-state index contributed by atoms with van der Waals surface area (Å²) < 4.78 is 8.59. The number of fused-ring (bicyclic) bond motifs is 2. The molecule has 4 amide bonds. The number of hydrogen-bond donors (Lipinski definition) is 4. The number of β-lactam (4-membered cyclic amide) rings is 2.